The van der Waals surface area contributed by atoms with E-state index in [1.165, 1.54) is 0 Å². The van der Waals surface area contributed by atoms with Crippen molar-refractivity contribution in [2.45, 2.75) is 6.42 Å². The first-order chi connectivity index (χ1) is 10.3. The summed E-state index contributed by atoms with van der Waals surface area (Å²) in [5.74, 6) is 1.57. The maximum absolute atomic E-state index is 5.80. The highest BCUT2D eigenvalue weighted by Crippen LogP contribution is 2.34. The molecule has 0 saturated heterocycles. The van der Waals surface area contributed by atoms with Crippen molar-refractivity contribution in [3.05, 3.63) is 42.7 Å². The Morgan fingerprint density at radius 2 is 1.86 bits per heavy atom. The second-order valence-electron chi connectivity index (χ2n) is 5.07. The highest BCUT2D eigenvalue weighted by Gasteiger charge is 2.13. The summed E-state index contributed by atoms with van der Waals surface area (Å²) in [6, 6.07) is 9.67. The number of benzene rings is 1. The van der Waals surface area contributed by atoms with E-state index < -0.39 is 0 Å². The second-order valence-corrected chi connectivity index (χ2v) is 5.07. The lowest BCUT2D eigenvalue weighted by Crippen LogP contribution is -1.97. The number of hydrogen-bond donors (Lipinski definition) is 1. The Bertz CT molecular complexity index is 810. The van der Waals surface area contributed by atoms with Crippen LogP contribution in [0, 0.1) is 0 Å². The summed E-state index contributed by atoms with van der Waals surface area (Å²) in [7, 11) is 0. The summed E-state index contributed by atoms with van der Waals surface area (Å²) in [5.41, 5.74) is 9.26. The highest BCUT2D eigenvalue weighted by molar-refractivity contribution is 5.67. The van der Waals surface area contributed by atoms with Gasteiger partial charge in [-0.2, -0.15) is 0 Å². The van der Waals surface area contributed by atoms with Crippen LogP contribution in [0.5, 0.6) is 11.5 Å². The maximum Gasteiger partial charge on any atom is 0.161 e. The van der Waals surface area contributed by atoms with Crippen molar-refractivity contribution < 1.29 is 9.47 Å². The van der Waals surface area contributed by atoms with Gasteiger partial charge in [-0.3, -0.25) is 0 Å². The predicted octanol–water partition coefficient (Wildman–Crippen LogP) is 2.74. The minimum atomic E-state index is 0.679. The van der Waals surface area contributed by atoms with E-state index in [1.54, 1.807) is 0 Å². The van der Waals surface area contributed by atoms with Gasteiger partial charge in [-0.15, -0.1) is 0 Å². The van der Waals surface area contributed by atoms with Crippen molar-refractivity contribution in [3.63, 3.8) is 0 Å². The van der Waals surface area contributed by atoms with Crippen LogP contribution in [0.4, 0.5) is 5.69 Å². The van der Waals surface area contributed by atoms with Crippen molar-refractivity contribution in [1.29, 1.82) is 0 Å². The van der Waals surface area contributed by atoms with E-state index in [0.717, 1.165) is 34.8 Å². The van der Waals surface area contributed by atoms with Crippen LogP contribution in [-0.2, 0) is 0 Å². The zero-order valence-corrected chi connectivity index (χ0v) is 11.5. The van der Waals surface area contributed by atoms with Crippen molar-refractivity contribution in [1.82, 2.24) is 9.38 Å². The molecule has 1 aromatic carbocycles. The highest BCUT2D eigenvalue weighted by atomic mass is 16.5. The van der Waals surface area contributed by atoms with Crippen molar-refractivity contribution in [3.8, 4) is 22.8 Å². The number of rotatable bonds is 1. The van der Waals surface area contributed by atoms with Crippen LogP contribution >= 0.6 is 0 Å². The summed E-state index contributed by atoms with van der Waals surface area (Å²) >= 11 is 0. The number of imidazole rings is 1. The molecule has 0 saturated carbocycles. The first kappa shape index (κ1) is 12.1. The van der Waals surface area contributed by atoms with Crippen LogP contribution in [0.2, 0.25) is 0 Å². The first-order valence-corrected chi connectivity index (χ1v) is 6.94. The molecule has 1 aliphatic heterocycles. The van der Waals surface area contributed by atoms with Gasteiger partial charge in [0.05, 0.1) is 18.9 Å². The summed E-state index contributed by atoms with van der Waals surface area (Å²) in [4.78, 5) is 4.61. The number of anilines is 1. The Morgan fingerprint density at radius 1 is 1.00 bits per heavy atom. The fraction of sp³-hybridized carbons (Fsp3) is 0.188. The van der Waals surface area contributed by atoms with E-state index in [9.17, 15) is 0 Å². The van der Waals surface area contributed by atoms with Gasteiger partial charge in [-0.1, -0.05) is 0 Å². The van der Waals surface area contributed by atoms with E-state index in [4.69, 9.17) is 15.2 Å². The molecule has 3 aromatic rings. The molecule has 1 aliphatic rings. The third kappa shape index (κ3) is 2.16. The molecule has 5 nitrogen and oxygen atoms in total. The van der Waals surface area contributed by atoms with Gasteiger partial charge in [0, 0.05) is 30.1 Å². The number of aromatic nitrogens is 2. The average molecular weight is 281 g/mol. The van der Waals surface area contributed by atoms with E-state index in [-0.39, 0.29) is 0 Å². The largest absolute Gasteiger partial charge is 0.490 e. The minimum Gasteiger partial charge on any atom is -0.490 e. The molecule has 3 heterocycles. The topological polar surface area (TPSA) is 61.8 Å². The van der Waals surface area contributed by atoms with E-state index in [2.05, 4.69) is 4.98 Å². The molecule has 21 heavy (non-hydrogen) atoms. The Labute approximate surface area is 121 Å². The number of fused-ring (bicyclic) bond motifs is 2. The molecule has 0 atom stereocenters. The predicted molar refractivity (Wildman–Crippen MR) is 80.6 cm³/mol. The van der Waals surface area contributed by atoms with Crippen molar-refractivity contribution in [2.75, 3.05) is 18.9 Å². The molecule has 0 radical (unpaired) electrons. The number of nitrogens with two attached hydrogens (primary N) is 1. The number of hydrogen-bond acceptors (Lipinski definition) is 4. The lowest BCUT2D eigenvalue weighted by atomic mass is 10.1. The second kappa shape index (κ2) is 4.70. The van der Waals surface area contributed by atoms with E-state index >= 15 is 0 Å². The van der Waals surface area contributed by atoms with Gasteiger partial charge in [0.2, 0.25) is 0 Å². The quantitative estimate of drug-likeness (QED) is 0.745. The Kier molecular flexibility index (Phi) is 2.70. The van der Waals surface area contributed by atoms with Crippen molar-refractivity contribution in [2.24, 2.45) is 0 Å². The lowest BCUT2D eigenvalue weighted by molar-refractivity contribution is 0.297. The molecule has 0 aliphatic carbocycles. The third-order valence-electron chi connectivity index (χ3n) is 3.52. The van der Waals surface area contributed by atoms with Crippen LogP contribution in [0.15, 0.2) is 42.7 Å². The van der Waals surface area contributed by atoms with E-state index in [0.29, 0.717) is 18.9 Å². The maximum atomic E-state index is 5.80. The lowest BCUT2D eigenvalue weighted by Gasteiger charge is -2.07. The average Bonchev–Trinajstić information content (AvgIpc) is 2.76. The molecule has 106 valence electrons. The Balaban J connectivity index is 1.79. The van der Waals surface area contributed by atoms with Gasteiger partial charge in [0.25, 0.3) is 0 Å². The van der Waals surface area contributed by atoms with Crippen LogP contribution in [0.3, 0.4) is 0 Å². The molecule has 5 heteroatoms. The zero-order chi connectivity index (χ0) is 14.2. The van der Waals surface area contributed by atoms with E-state index in [1.807, 2.05) is 47.1 Å². The fourth-order valence-corrected chi connectivity index (χ4v) is 2.47. The number of pyridine rings is 1. The summed E-state index contributed by atoms with van der Waals surface area (Å²) < 4.78 is 13.3. The van der Waals surface area contributed by atoms with Crippen LogP contribution < -0.4 is 15.2 Å². The number of nitrogens with zero attached hydrogens (tertiary/aromatic N) is 2. The van der Waals surface area contributed by atoms with Gasteiger partial charge in [-0.25, -0.2) is 4.98 Å². The van der Waals surface area contributed by atoms with Gasteiger partial charge in [0.1, 0.15) is 5.65 Å². The normalized spacial score (nSPS) is 14.1. The SMILES string of the molecule is Nc1ccc2nc(-c3ccc4c(c3)OCCCO4)cn2c1. The molecule has 0 fully saturated rings. The first-order valence-electron chi connectivity index (χ1n) is 6.94. The molecular formula is C16H15N3O2. The van der Waals surface area contributed by atoms with Crippen LogP contribution in [0.25, 0.3) is 16.9 Å². The molecule has 0 spiro atoms. The summed E-state index contributed by atoms with van der Waals surface area (Å²) in [6.45, 7) is 1.37. The smallest absolute Gasteiger partial charge is 0.161 e. The Hall–Kier alpha value is -2.69. The minimum absolute atomic E-state index is 0.679. The van der Waals surface area contributed by atoms with Gasteiger partial charge in [0.15, 0.2) is 11.5 Å². The monoisotopic (exact) mass is 281 g/mol. The number of ether oxygens (including phenoxy) is 2. The third-order valence-corrected chi connectivity index (χ3v) is 3.52. The molecule has 0 bridgehead atoms. The molecule has 0 amide bonds. The fourth-order valence-electron chi connectivity index (χ4n) is 2.47. The van der Waals surface area contributed by atoms with Crippen LogP contribution in [-0.4, -0.2) is 22.6 Å². The molecular weight excluding hydrogens is 266 g/mol. The standard InChI is InChI=1S/C16H15N3O2/c17-12-3-5-16-18-13(10-19(16)9-12)11-2-4-14-15(8-11)21-7-1-6-20-14/h2-5,8-10H,1,6-7,17H2. The van der Waals surface area contributed by atoms with Crippen LogP contribution in [0.1, 0.15) is 6.42 Å². The van der Waals surface area contributed by atoms with Crippen molar-refractivity contribution >= 4 is 11.3 Å². The number of nitrogen functional groups attached to an aromatic ring is 1. The molecule has 2 N–H and O–H groups in total. The zero-order valence-electron chi connectivity index (χ0n) is 11.5. The Morgan fingerprint density at radius 3 is 2.76 bits per heavy atom. The summed E-state index contributed by atoms with van der Waals surface area (Å²) in [5, 5.41) is 0. The molecule has 2 aromatic heterocycles. The van der Waals surface area contributed by atoms with Gasteiger partial charge in [-0.05, 0) is 30.3 Å². The molecule has 4 rings (SSSR count). The summed E-state index contributed by atoms with van der Waals surface area (Å²) in [6.07, 6.45) is 4.72. The van der Waals surface area contributed by atoms with Gasteiger partial charge < -0.3 is 19.6 Å². The van der Waals surface area contributed by atoms with Gasteiger partial charge >= 0.3 is 0 Å². The molecule has 0 unspecified atom stereocenters.